The lowest BCUT2D eigenvalue weighted by Gasteiger charge is -2.02. The fourth-order valence-electron chi connectivity index (χ4n) is 2.02. The highest BCUT2D eigenvalue weighted by Gasteiger charge is 2.13. The average Bonchev–Trinajstić information content (AvgIpc) is 3.19. The molecule has 114 valence electrons. The molecule has 0 radical (unpaired) electrons. The number of hydrogen-bond donors (Lipinski definition) is 1. The highest BCUT2D eigenvalue weighted by Crippen LogP contribution is 2.17. The summed E-state index contributed by atoms with van der Waals surface area (Å²) in [6.07, 6.45) is 4.28. The molecule has 0 spiro atoms. The summed E-state index contributed by atoms with van der Waals surface area (Å²) >= 11 is 2.96. The van der Waals surface area contributed by atoms with Crippen molar-refractivity contribution in [3.05, 3.63) is 45.1 Å². The quantitative estimate of drug-likeness (QED) is 0.778. The van der Waals surface area contributed by atoms with E-state index in [0.29, 0.717) is 17.8 Å². The number of carbonyl (C=O) groups is 1. The first-order chi connectivity index (χ1) is 10.6. The van der Waals surface area contributed by atoms with Gasteiger partial charge in [-0.25, -0.2) is 14.6 Å². The van der Waals surface area contributed by atoms with Crippen LogP contribution in [0.25, 0.3) is 5.13 Å². The van der Waals surface area contributed by atoms with Gasteiger partial charge in [0.05, 0.1) is 16.4 Å². The molecule has 0 aliphatic carbocycles. The highest BCUT2D eigenvalue weighted by atomic mass is 32.1. The first-order valence-corrected chi connectivity index (χ1v) is 8.50. The topological polar surface area (TPSA) is 72.7 Å². The van der Waals surface area contributed by atoms with Crippen molar-refractivity contribution in [2.75, 3.05) is 6.54 Å². The average molecular weight is 333 g/mol. The minimum atomic E-state index is -0.0642. The Kier molecular flexibility index (Phi) is 4.30. The lowest BCUT2D eigenvalue weighted by Crippen LogP contribution is -2.25. The van der Waals surface area contributed by atoms with Gasteiger partial charge in [-0.15, -0.1) is 22.7 Å². The minimum absolute atomic E-state index is 0.0642. The third-order valence-electron chi connectivity index (χ3n) is 3.02. The van der Waals surface area contributed by atoms with Crippen LogP contribution in [0.4, 0.5) is 0 Å². The number of nitrogens with one attached hydrogen (secondary N) is 1. The second-order valence-corrected chi connectivity index (χ2v) is 6.77. The standard InChI is InChI=1S/C14H15N5OS2/c1-9-12(22-10(2)17-9)13(20)15-6-4-11-8-21-14(18-11)19-7-3-5-16-19/h3,5,7-8H,4,6H2,1-2H3,(H,15,20). The molecule has 8 heteroatoms. The van der Waals surface area contributed by atoms with E-state index in [1.807, 2.05) is 31.5 Å². The monoisotopic (exact) mass is 333 g/mol. The van der Waals surface area contributed by atoms with E-state index >= 15 is 0 Å². The molecule has 0 bridgehead atoms. The first kappa shape index (κ1) is 14.9. The predicted molar refractivity (Wildman–Crippen MR) is 86.9 cm³/mol. The Morgan fingerprint density at radius 1 is 1.36 bits per heavy atom. The van der Waals surface area contributed by atoms with Gasteiger partial charge in [0.2, 0.25) is 5.13 Å². The van der Waals surface area contributed by atoms with Crippen LogP contribution in [0.3, 0.4) is 0 Å². The van der Waals surface area contributed by atoms with E-state index in [1.54, 1.807) is 10.9 Å². The summed E-state index contributed by atoms with van der Waals surface area (Å²) in [7, 11) is 0. The van der Waals surface area contributed by atoms with Crippen molar-refractivity contribution in [2.24, 2.45) is 0 Å². The Labute approximate surface area is 135 Å². The van der Waals surface area contributed by atoms with Gasteiger partial charge in [0.15, 0.2) is 0 Å². The number of amides is 1. The maximum atomic E-state index is 12.1. The number of thiazole rings is 2. The van der Waals surface area contributed by atoms with Gasteiger partial charge in [0, 0.05) is 30.7 Å². The Hall–Kier alpha value is -2.06. The lowest BCUT2D eigenvalue weighted by atomic mass is 10.3. The maximum absolute atomic E-state index is 12.1. The van der Waals surface area contributed by atoms with E-state index in [2.05, 4.69) is 20.4 Å². The fraction of sp³-hybridized carbons (Fsp3) is 0.286. The van der Waals surface area contributed by atoms with Gasteiger partial charge in [-0.2, -0.15) is 5.10 Å². The molecule has 0 aliphatic heterocycles. The van der Waals surface area contributed by atoms with Gasteiger partial charge in [0.1, 0.15) is 4.88 Å². The summed E-state index contributed by atoms with van der Waals surface area (Å²) in [5, 5.41) is 10.8. The maximum Gasteiger partial charge on any atom is 0.263 e. The molecule has 0 aliphatic rings. The van der Waals surface area contributed by atoms with Gasteiger partial charge >= 0.3 is 0 Å². The first-order valence-electron chi connectivity index (χ1n) is 6.80. The van der Waals surface area contributed by atoms with E-state index in [4.69, 9.17) is 0 Å². The van der Waals surface area contributed by atoms with Crippen LogP contribution in [-0.2, 0) is 6.42 Å². The Morgan fingerprint density at radius 2 is 2.23 bits per heavy atom. The van der Waals surface area contributed by atoms with Gasteiger partial charge in [-0.3, -0.25) is 4.79 Å². The van der Waals surface area contributed by atoms with Crippen molar-refractivity contribution < 1.29 is 4.79 Å². The van der Waals surface area contributed by atoms with Crippen LogP contribution in [-0.4, -0.2) is 32.2 Å². The van der Waals surface area contributed by atoms with E-state index in [-0.39, 0.29) is 5.91 Å². The van der Waals surface area contributed by atoms with Gasteiger partial charge in [-0.05, 0) is 19.9 Å². The molecule has 6 nitrogen and oxygen atoms in total. The molecule has 3 aromatic rings. The molecule has 22 heavy (non-hydrogen) atoms. The number of nitrogens with zero attached hydrogens (tertiary/aromatic N) is 4. The zero-order valence-corrected chi connectivity index (χ0v) is 13.9. The Bertz CT molecular complexity index is 775. The second kappa shape index (κ2) is 6.37. The van der Waals surface area contributed by atoms with Crippen molar-refractivity contribution in [3.63, 3.8) is 0 Å². The van der Waals surface area contributed by atoms with Crippen molar-refractivity contribution in [3.8, 4) is 5.13 Å². The summed E-state index contributed by atoms with van der Waals surface area (Å²) in [5.74, 6) is -0.0642. The number of carbonyl (C=O) groups excluding carboxylic acids is 1. The van der Waals surface area contributed by atoms with Crippen LogP contribution in [0.2, 0.25) is 0 Å². The normalized spacial score (nSPS) is 10.8. The van der Waals surface area contributed by atoms with Crippen LogP contribution in [0.1, 0.15) is 26.1 Å². The molecule has 3 rings (SSSR count). The van der Waals surface area contributed by atoms with Gasteiger partial charge in [-0.1, -0.05) is 0 Å². The van der Waals surface area contributed by atoms with Gasteiger partial charge in [0.25, 0.3) is 5.91 Å². The Balaban J connectivity index is 1.55. The number of aryl methyl sites for hydroxylation is 2. The van der Waals surface area contributed by atoms with Crippen LogP contribution in [0.15, 0.2) is 23.8 Å². The molecular formula is C14H15N5OS2. The molecular weight excluding hydrogens is 318 g/mol. The zero-order valence-electron chi connectivity index (χ0n) is 12.2. The number of rotatable bonds is 5. The molecule has 1 amide bonds. The van der Waals surface area contributed by atoms with Crippen molar-refractivity contribution in [1.82, 2.24) is 25.1 Å². The summed E-state index contributed by atoms with van der Waals surface area (Å²) in [5.41, 5.74) is 1.74. The summed E-state index contributed by atoms with van der Waals surface area (Å²) in [6.45, 7) is 4.31. The van der Waals surface area contributed by atoms with E-state index in [9.17, 15) is 4.79 Å². The number of hydrogen-bond acceptors (Lipinski definition) is 6. The van der Waals surface area contributed by atoms with Gasteiger partial charge < -0.3 is 5.32 Å². The van der Waals surface area contributed by atoms with E-state index < -0.39 is 0 Å². The molecule has 0 unspecified atom stereocenters. The van der Waals surface area contributed by atoms with Crippen molar-refractivity contribution >= 4 is 28.6 Å². The molecule has 0 fully saturated rings. The van der Waals surface area contributed by atoms with E-state index in [1.165, 1.54) is 22.7 Å². The van der Waals surface area contributed by atoms with Crippen LogP contribution < -0.4 is 5.32 Å². The second-order valence-electron chi connectivity index (χ2n) is 4.73. The highest BCUT2D eigenvalue weighted by molar-refractivity contribution is 7.13. The SMILES string of the molecule is Cc1nc(C)c(C(=O)NCCc2csc(-n3cccn3)n2)s1. The molecule has 0 atom stereocenters. The van der Waals surface area contributed by atoms with Crippen molar-refractivity contribution in [2.45, 2.75) is 20.3 Å². The molecule has 0 saturated carbocycles. The van der Waals surface area contributed by atoms with Crippen molar-refractivity contribution in [1.29, 1.82) is 0 Å². The summed E-state index contributed by atoms with van der Waals surface area (Å²) in [4.78, 5) is 21.5. The smallest absolute Gasteiger partial charge is 0.263 e. The lowest BCUT2D eigenvalue weighted by molar-refractivity contribution is 0.0957. The molecule has 1 N–H and O–H groups in total. The largest absolute Gasteiger partial charge is 0.351 e. The third-order valence-corrected chi connectivity index (χ3v) is 4.97. The van der Waals surface area contributed by atoms with E-state index in [0.717, 1.165) is 21.5 Å². The van der Waals surface area contributed by atoms with Crippen LogP contribution in [0, 0.1) is 13.8 Å². The molecule has 3 heterocycles. The van der Waals surface area contributed by atoms with Crippen LogP contribution in [0.5, 0.6) is 0 Å². The molecule has 0 aromatic carbocycles. The Morgan fingerprint density at radius 3 is 2.91 bits per heavy atom. The van der Waals surface area contributed by atoms with Crippen LogP contribution >= 0.6 is 22.7 Å². The third kappa shape index (κ3) is 3.23. The number of aromatic nitrogens is 4. The molecule has 0 saturated heterocycles. The molecule has 3 aromatic heterocycles. The fourth-order valence-corrected chi connectivity index (χ4v) is 3.66. The predicted octanol–water partition coefficient (Wildman–Crippen LogP) is 2.37. The summed E-state index contributed by atoms with van der Waals surface area (Å²) in [6, 6.07) is 1.86. The minimum Gasteiger partial charge on any atom is -0.351 e. The summed E-state index contributed by atoms with van der Waals surface area (Å²) < 4.78 is 1.73. The zero-order chi connectivity index (χ0) is 15.5.